The highest BCUT2D eigenvalue weighted by Gasteiger charge is 2.59. The molecule has 12 nitrogen and oxygen atoms in total. The molecule has 2 saturated carbocycles. The number of aromatic nitrogens is 1. The van der Waals surface area contributed by atoms with Crippen LogP contribution in [0.2, 0.25) is 0 Å². The summed E-state index contributed by atoms with van der Waals surface area (Å²) in [5.41, 5.74) is 9.42. The number of hydrogen-bond donors (Lipinski definition) is 2. The first-order valence-corrected chi connectivity index (χ1v) is 21.0. The topological polar surface area (TPSA) is 155 Å². The molecule has 5 aliphatic heterocycles. The number of piperidine rings is 1. The van der Waals surface area contributed by atoms with E-state index in [1.807, 2.05) is 23.2 Å². The Bertz CT molecular complexity index is 2100. The predicted molar refractivity (Wildman–Crippen MR) is 207 cm³/mol. The van der Waals surface area contributed by atoms with Crippen molar-refractivity contribution in [2.24, 2.45) is 17.6 Å². The minimum Gasteiger partial charge on any atom is -0.335 e. The first-order chi connectivity index (χ1) is 27.1. The zero-order chi connectivity index (χ0) is 38.7. The molecule has 2 aliphatic carbocycles. The van der Waals surface area contributed by atoms with E-state index in [2.05, 4.69) is 28.1 Å². The number of amides is 5. The first kappa shape index (κ1) is 36.9. The Morgan fingerprint density at radius 2 is 1.77 bits per heavy atom. The number of unbranched alkanes of at least 4 members (excludes halogenated alkanes) is 4. The number of carbonyl (C=O) groups excluding carboxylic acids is 5. The van der Waals surface area contributed by atoms with Gasteiger partial charge in [0.2, 0.25) is 23.6 Å². The van der Waals surface area contributed by atoms with Crippen molar-refractivity contribution in [1.29, 1.82) is 0 Å². The van der Waals surface area contributed by atoms with Crippen LogP contribution in [0.4, 0.5) is 0 Å². The summed E-state index contributed by atoms with van der Waals surface area (Å²) in [6.07, 6.45) is 14.3. The number of rotatable bonds is 9. The van der Waals surface area contributed by atoms with Gasteiger partial charge in [-0.3, -0.25) is 34.1 Å². The number of nitrogens with two attached hydrogens (primary N) is 1. The predicted octanol–water partition coefficient (Wildman–Crippen LogP) is 3.58. The molecule has 1 unspecified atom stereocenters. The van der Waals surface area contributed by atoms with Crippen LogP contribution in [0.15, 0.2) is 41.3 Å². The zero-order valence-corrected chi connectivity index (χ0v) is 32.0. The molecule has 294 valence electrons. The van der Waals surface area contributed by atoms with Crippen LogP contribution in [0.3, 0.4) is 0 Å². The summed E-state index contributed by atoms with van der Waals surface area (Å²) in [7, 11) is 0. The molecule has 6 heterocycles. The molecule has 56 heavy (non-hydrogen) atoms. The molecular weight excluding hydrogens is 709 g/mol. The van der Waals surface area contributed by atoms with Crippen molar-refractivity contribution < 1.29 is 24.0 Å². The van der Waals surface area contributed by atoms with Crippen molar-refractivity contribution in [3.63, 3.8) is 0 Å². The van der Waals surface area contributed by atoms with Crippen LogP contribution in [-0.4, -0.2) is 85.1 Å². The molecule has 5 amide bonds. The van der Waals surface area contributed by atoms with Gasteiger partial charge in [-0.25, -0.2) is 0 Å². The molecule has 0 radical (unpaired) electrons. The molecule has 6 fully saturated rings. The normalized spacial score (nSPS) is 29.9. The summed E-state index contributed by atoms with van der Waals surface area (Å²) < 4.78 is 1.78. The van der Waals surface area contributed by atoms with E-state index in [1.54, 1.807) is 21.6 Å². The minimum atomic E-state index is -0.646. The molecule has 2 aromatic rings. The zero-order valence-electron chi connectivity index (χ0n) is 32.0. The van der Waals surface area contributed by atoms with Gasteiger partial charge in [-0.05, 0) is 112 Å². The molecule has 9 rings (SSSR count). The third-order valence-corrected chi connectivity index (χ3v) is 14.0. The van der Waals surface area contributed by atoms with Gasteiger partial charge in [0.1, 0.15) is 12.1 Å². The Hall–Kier alpha value is -4.76. The van der Waals surface area contributed by atoms with Gasteiger partial charge in [0.05, 0.1) is 6.04 Å². The molecule has 0 bridgehead atoms. The Kier molecular flexibility index (Phi) is 9.63. The fourth-order valence-corrected chi connectivity index (χ4v) is 10.6. The average molecular weight is 761 g/mol. The number of imide groups is 1. The Morgan fingerprint density at radius 3 is 2.57 bits per heavy atom. The lowest BCUT2D eigenvalue weighted by molar-refractivity contribution is -0.147. The van der Waals surface area contributed by atoms with Gasteiger partial charge in [0.25, 0.3) is 11.5 Å². The number of nitrogens with one attached hydrogen (secondary N) is 1. The van der Waals surface area contributed by atoms with E-state index in [9.17, 15) is 28.8 Å². The third kappa shape index (κ3) is 6.86. The van der Waals surface area contributed by atoms with Gasteiger partial charge in [-0.2, -0.15) is 0 Å². The summed E-state index contributed by atoms with van der Waals surface area (Å²) in [5.74, 6) is 6.97. The number of carbonyl (C=O) groups is 5. The van der Waals surface area contributed by atoms with Crippen molar-refractivity contribution in [3.05, 3.63) is 69.1 Å². The SMILES string of the molecule is N[C@H]1C[C@@H]2C[C@@H]2C[C@H]2CC[C@@H](C(=O)N3C[C@@H](c4ccn(CCCCCCC#Cc5cccc6c5CN(C5CCC(=O)NC5=O)C6=O)c(=O)c4)CC34CC4)N2C1=O. The number of nitrogens with zero attached hydrogens (tertiary/aromatic N) is 4. The van der Waals surface area contributed by atoms with Crippen LogP contribution < -0.4 is 16.6 Å². The van der Waals surface area contributed by atoms with Crippen LogP contribution in [0, 0.1) is 23.7 Å². The Balaban J connectivity index is 0.742. The van der Waals surface area contributed by atoms with Crippen molar-refractivity contribution >= 4 is 29.5 Å². The third-order valence-electron chi connectivity index (χ3n) is 14.0. The van der Waals surface area contributed by atoms with E-state index in [4.69, 9.17) is 5.73 Å². The van der Waals surface area contributed by atoms with Crippen LogP contribution in [0.1, 0.15) is 129 Å². The summed E-state index contributed by atoms with van der Waals surface area (Å²) in [4.78, 5) is 83.5. The Morgan fingerprint density at radius 1 is 0.946 bits per heavy atom. The number of hydrogen-bond acceptors (Lipinski definition) is 7. The van der Waals surface area contributed by atoms with Crippen molar-refractivity contribution in [2.75, 3.05) is 6.54 Å². The highest BCUT2D eigenvalue weighted by molar-refractivity contribution is 6.05. The van der Waals surface area contributed by atoms with Crippen LogP contribution in [-0.2, 0) is 32.3 Å². The number of benzene rings is 1. The second-order valence-corrected chi connectivity index (χ2v) is 17.6. The summed E-state index contributed by atoms with van der Waals surface area (Å²) >= 11 is 0. The molecule has 3 N–H and O–H groups in total. The summed E-state index contributed by atoms with van der Waals surface area (Å²) in [5, 5.41) is 2.35. The van der Waals surface area contributed by atoms with E-state index in [0.717, 1.165) is 93.7 Å². The molecule has 7 aliphatic rings. The number of pyridine rings is 1. The maximum Gasteiger partial charge on any atom is 0.255 e. The molecule has 12 heteroatoms. The minimum absolute atomic E-state index is 0.00901. The van der Waals surface area contributed by atoms with Gasteiger partial charge in [-0.1, -0.05) is 30.7 Å². The lowest BCUT2D eigenvalue weighted by Gasteiger charge is -2.36. The fraction of sp³-hybridized carbons (Fsp3) is 0.591. The second-order valence-electron chi connectivity index (χ2n) is 17.6. The van der Waals surface area contributed by atoms with Crippen LogP contribution >= 0.6 is 0 Å². The molecular formula is C44H52N6O6. The van der Waals surface area contributed by atoms with Crippen molar-refractivity contribution in [3.8, 4) is 11.8 Å². The molecule has 1 aromatic carbocycles. The summed E-state index contributed by atoms with van der Waals surface area (Å²) in [6.45, 7) is 1.55. The molecule has 7 atom stereocenters. The lowest BCUT2D eigenvalue weighted by Crippen LogP contribution is -2.56. The van der Waals surface area contributed by atoms with E-state index in [1.165, 1.54) is 0 Å². The smallest absolute Gasteiger partial charge is 0.255 e. The van der Waals surface area contributed by atoms with Crippen molar-refractivity contribution in [1.82, 2.24) is 24.6 Å². The van der Waals surface area contributed by atoms with Gasteiger partial charge in [-0.15, -0.1) is 0 Å². The molecule has 1 spiro atoms. The Labute approximate surface area is 327 Å². The van der Waals surface area contributed by atoms with Gasteiger partial charge in [0, 0.05) is 73.4 Å². The largest absolute Gasteiger partial charge is 0.335 e. The first-order valence-electron chi connectivity index (χ1n) is 21.0. The van der Waals surface area contributed by atoms with E-state index < -0.39 is 24.0 Å². The second kappa shape index (κ2) is 14.6. The maximum atomic E-state index is 14.2. The maximum absolute atomic E-state index is 14.2. The highest BCUT2D eigenvalue weighted by atomic mass is 16.2. The quantitative estimate of drug-likeness (QED) is 0.225. The van der Waals surface area contributed by atoms with Crippen molar-refractivity contribution in [2.45, 2.75) is 145 Å². The standard InChI is InChI=1S/C44H52N6O6/c45-35-22-30-20-29(30)21-32-11-12-37(50(32)42(35)55)43(56)49-25-31(24-44(49)16-17-44)28-15-19-47(39(52)23-28)18-6-4-2-1-3-5-8-27-9-7-10-33-34(27)26-48(41(33)54)36-13-14-38(51)46-40(36)53/h7,9-10,15,19,23,29-32,35-37H,1-4,6,11-14,16-18,20-22,24-26,45H2,(H,46,51,53)/t29-,30+,31+,32-,35+,36?,37+/m1/s1. The molecule has 4 saturated heterocycles. The fourth-order valence-electron chi connectivity index (χ4n) is 10.6. The van der Waals surface area contributed by atoms with Crippen LogP contribution in [0.5, 0.6) is 0 Å². The monoisotopic (exact) mass is 760 g/mol. The molecule has 1 aromatic heterocycles. The van der Waals surface area contributed by atoms with Gasteiger partial charge >= 0.3 is 0 Å². The number of likely N-dealkylation sites (tertiary alicyclic amines) is 1. The average Bonchev–Trinajstić information content (AvgIpc) is 3.97. The number of fused-ring (bicyclic) bond motifs is 3. The van der Waals surface area contributed by atoms with Gasteiger partial charge in [0.15, 0.2) is 0 Å². The van der Waals surface area contributed by atoms with E-state index in [-0.39, 0.29) is 53.1 Å². The lowest BCUT2D eigenvalue weighted by atomic mass is 9.96. The number of aryl methyl sites for hydroxylation is 1. The van der Waals surface area contributed by atoms with Gasteiger partial charge < -0.3 is 25.0 Å². The highest BCUT2D eigenvalue weighted by Crippen LogP contribution is 2.55. The summed E-state index contributed by atoms with van der Waals surface area (Å²) in [6, 6.07) is 7.88. The van der Waals surface area contributed by atoms with Crippen LogP contribution in [0.25, 0.3) is 0 Å². The van der Waals surface area contributed by atoms with E-state index in [0.29, 0.717) is 49.9 Å². The van der Waals surface area contributed by atoms with E-state index >= 15 is 0 Å².